The highest BCUT2D eigenvalue weighted by Gasteiger charge is 2.67. The minimum atomic E-state index is -0.299. The van der Waals surface area contributed by atoms with Crippen molar-refractivity contribution >= 4 is 0 Å². The predicted molar refractivity (Wildman–Crippen MR) is 36.7 cm³/mol. The van der Waals surface area contributed by atoms with Gasteiger partial charge in [-0.2, -0.15) is 0 Å². The molecule has 3 heteroatoms. The SMILES string of the molecule is COC1(OC)CNC12CC2. The predicted octanol–water partition coefficient (Wildman–Crippen LogP) is 0.111. The minimum absolute atomic E-state index is 0.191. The Hall–Kier alpha value is -0.120. The van der Waals surface area contributed by atoms with E-state index in [1.165, 1.54) is 12.8 Å². The number of hydrogen-bond acceptors (Lipinski definition) is 3. The lowest BCUT2D eigenvalue weighted by Gasteiger charge is -2.48. The second kappa shape index (κ2) is 1.72. The van der Waals surface area contributed by atoms with Gasteiger partial charge in [0, 0.05) is 14.2 Å². The average Bonchev–Trinajstić information content (AvgIpc) is 2.69. The summed E-state index contributed by atoms with van der Waals surface area (Å²) in [5.41, 5.74) is 0.191. The molecule has 0 aromatic heterocycles. The molecule has 0 aromatic carbocycles. The summed E-state index contributed by atoms with van der Waals surface area (Å²) >= 11 is 0. The van der Waals surface area contributed by atoms with E-state index in [1.54, 1.807) is 14.2 Å². The van der Waals surface area contributed by atoms with Crippen molar-refractivity contribution in [3.8, 4) is 0 Å². The maximum absolute atomic E-state index is 5.32. The molecule has 1 aliphatic heterocycles. The van der Waals surface area contributed by atoms with E-state index in [-0.39, 0.29) is 11.3 Å². The zero-order valence-electron chi connectivity index (χ0n) is 6.44. The van der Waals surface area contributed by atoms with Crippen LogP contribution in [0.4, 0.5) is 0 Å². The highest BCUT2D eigenvalue weighted by Crippen LogP contribution is 2.52. The van der Waals surface area contributed by atoms with Gasteiger partial charge in [0.25, 0.3) is 0 Å². The first-order valence-electron chi connectivity index (χ1n) is 3.64. The molecular formula is C7H13NO2. The van der Waals surface area contributed by atoms with Gasteiger partial charge in [0.05, 0.1) is 12.1 Å². The fourth-order valence-electron chi connectivity index (χ4n) is 1.78. The van der Waals surface area contributed by atoms with Crippen LogP contribution in [0.3, 0.4) is 0 Å². The first-order valence-corrected chi connectivity index (χ1v) is 3.64. The molecule has 2 aliphatic rings. The molecule has 2 rings (SSSR count). The molecule has 0 bridgehead atoms. The van der Waals surface area contributed by atoms with Gasteiger partial charge in [0.15, 0.2) is 5.79 Å². The van der Waals surface area contributed by atoms with Crippen molar-refractivity contribution in [1.29, 1.82) is 0 Å². The van der Waals surface area contributed by atoms with Crippen LogP contribution in [-0.4, -0.2) is 32.1 Å². The van der Waals surface area contributed by atoms with Gasteiger partial charge in [0.1, 0.15) is 0 Å². The number of nitrogens with one attached hydrogen (secondary N) is 1. The topological polar surface area (TPSA) is 30.5 Å². The molecule has 58 valence electrons. The van der Waals surface area contributed by atoms with Gasteiger partial charge in [-0.1, -0.05) is 0 Å². The second-order valence-corrected chi connectivity index (χ2v) is 3.10. The van der Waals surface area contributed by atoms with E-state index in [2.05, 4.69) is 5.32 Å². The van der Waals surface area contributed by atoms with Crippen LogP contribution in [0, 0.1) is 0 Å². The van der Waals surface area contributed by atoms with Gasteiger partial charge < -0.3 is 14.8 Å². The monoisotopic (exact) mass is 143 g/mol. The van der Waals surface area contributed by atoms with Crippen LogP contribution in [0.2, 0.25) is 0 Å². The van der Waals surface area contributed by atoms with Crippen LogP contribution in [-0.2, 0) is 9.47 Å². The van der Waals surface area contributed by atoms with Crippen LogP contribution in [0.5, 0.6) is 0 Å². The summed E-state index contributed by atoms with van der Waals surface area (Å²) in [5, 5.41) is 3.34. The van der Waals surface area contributed by atoms with Gasteiger partial charge in [-0.25, -0.2) is 0 Å². The van der Waals surface area contributed by atoms with Gasteiger partial charge in [0.2, 0.25) is 0 Å². The van der Waals surface area contributed by atoms with Crippen LogP contribution in [0.15, 0.2) is 0 Å². The van der Waals surface area contributed by atoms with Gasteiger partial charge in [-0.15, -0.1) is 0 Å². The quantitative estimate of drug-likeness (QED) is 0.556. The van der Waals surface area contributed by atoms with E-state index in [4.69, 9.17) is 9.47 Å². The maximum Gasteiger partial charge on any atom is 0.198 e. The number of methoxy groups -OCH3 is 2. The largest absolute Gasteiger partial charge is 0.350 e. The fraction of sp³-hybridized carbons (Fsp3) is 1.00. The fourth-order valence-corrected chi connectivity index (χ4v) is 1.78. The molecule has 0 atom stereocenters. The van der Waals surface area contributed by atoms with Gasteiger partial charge in [-0.05, 0) is 12.8 Å². The molecular weight excluding hydrogens is 130 g/mol. The van der Waals surface area contributed by atoms with Crippen molar-refractivity contribution in [2.24, 2.45) is 0 Å². The van der Waals surface area contributed by atoms with E-state index in [0.717, 1.165) is 6.54 Å². The summed E-state index contributed by atoms with van der Waals surface area (Å²) in [4.78, 5) is 0. The summed E-state index contributed by atoms with van der Waals surface area (Å²) < 4.78 is 10.6. The Labute approximate surface area is 60.7 Å². The third kappa shape index (κ3) is 0.516. The molecule has 0 aromatic rings. The zero-order chi connectivity index (χ0) is 7.24. The van der Waals surface area contributed by atoms with Crippen LogP contribution < -0.4 is 5.32 Å². The normalized spacial score (nSPS) is 31.8. The molecule has 1 aliphatic carbocycles. The lowest BCUT2D eigenvalue weighted by molar-refractivity contribution is -0.270. The Kier molecular flexibility index (Phi) is 1.14. The third-order valence-corrected chi connectivity index (χ3v) is 2.80. The van der Waals surface area contributed by atoms with Crippen molar-refractivity contribution in [2.75, 3.05) is 20.8 Å². The summed E-state index contributed by atoms with van der Waals surface area (Å²) in [5.74, 6) is -0.299. The van der Waals surface area contributed by atoms with E-state index in [1.807, 2.05) is 0 Å². The molecule has 0 amide bonds. The number of ether oxygens (including phenoxy) is 2. The number of hydrogen-bond donors (Lipinski definition) is 1. The third-order valence-electron chi connectivity index (χ3n) is 2.80. The van der Waals surface area contributed by atoms with Crippen LogP contribution in [0.1, 0.15) is 12.8 Å². The van der Waals surface area contributed by atoms with E-state index in [9.17, 15) is 0 Å². The zero-order valence-corrected chi connectivity index (χ0v) is 6.44. The van der Waals surface area contributed by atoms with Crippen molar-refractivity contribution in [3.05, 3.63) is 0 Å². The summed E-state index contributed by atoms with van der Waals surface area (Å²) in [7, 11) is 3.43. The van der Waals surface area contributed by atoms with E-state index >= 15 is 0 Å². The molecule has 1 saturated heterocycles. The second-order valence-electron chi connectivity index (χ2n) is 3.10. The highest BCUT2D eigenvalue weighted by molar-refractivity contribution is 5.21. The standard InChI is InChI=1S/C7H13NO2/c1-9-7(10-2)5-8-6(7)3-4-6/h8H,3-5H2,1-2H3. The Balaban J connectivity index is 2.12. The summed E-state index contributed by atoms with van der Waals surface area (Å²) in [6.07, 6.45) is 2.38. The lowest BCUT2D eigenvalue weighted by atomic mass is 9.95. The first kappa shape index (κ1) is 6.58. The van der Waals surface area contributed by atoms with Crippen molar-refractivity contribution < 1.29 is 9.47 Å². The van der Waals surface area contributed by atoms with Crippen molar-refractivity contribution in [1.82, 2.24) is 5.32 Å². The molecule has 1 spiro atoms. The molecule has 1 N–H and O–H groups in total. The Bertz CT molecular complexity index is 144. The molecule has 0 radical (unpaired) electrons. The maximum atomic E-state index is 5.32. The van der Waals surface area contributed by atoms with Gasteiger partial charge >= 0.3 is 0 Å². The molecule has 1 heterocycles. The Morgan fingerprint density at radius 1 is 1.20 bits per heavy atom. The Morgan fingerprint density at radius 2 is 1.80 bits per heavy atom. The Morgan fingerprint density at radius 3 is 1.90 bits per heavy atom. The van der Waals surface area contributed by atoms with Gasteiger partial charge in [-0.3, -0.25) is 0 Å². The molecule has 10 heavy (non-hydrogen) atoms. The molecule has 1 saturated carbocycles. The molecule has 3 nitrogen and oxygen atoms in total. The smallest absolute Gasteiger partial charge is 0.198 e. The average molecular weight is 143 g/mol. The summed E-state index contributed by atoms with van der Waals surface area (Å²) in [6.45, 7) is 0.833. The molecule has 2 fully saturated rings. The van der Waals surface area contributed by atoms with Crippen molar-refractivity contribution in [2.45, 2.75) is 24.2 Å². The van der Waals surface area contributed by atoms with E-state index < -0.39 is 0 Å². The summed E-state index contributed by atoms with van der Waals surface area (Å²) in [6, 6.07) is 0. The van der Waals surface area contributed by atoms with Crippen LogP contribution in [0.25, 0.3) is 0 Å². The lowest BCUT2D eigenvalue weighted by Crippen LogP contribution is -2.72. The highest BCUT2D eigenvalue weighted by atomic mass is 16.7. The van der Waals surface area contributed by atoms with Crippen molar-refractivity contribution in [3.63, 3.8) is 0 Å². The molecule has 0 unspecified atom stereocenters. The first-order chi connectivity index (χ1) is 4.79. The van der Waals surface area contributed by atoms with Crippen LogP contribution >= 0.6 is 0 Å². The minimum Gasteiger partial charge on any atom is -0.350 e. The van der Waals surface area contributed by atoms with E-state index in [0.29, 0.717) is 0 Å². The number of rotatable bonds is 2.